The number of benzene rings is 2. The Labute approximate surface area is 176 Å². The van der Waals surface area contributed by atoms with Crippen molar-refractivity contribution in [2.75, 3.05) is 26.2 Å². The predicted octanol–water partition coefficient (Wildman–Crippen LogP) is 3.09. The Morgan fingerprint density at radius 1 is 0.931 bits per heavy atom. The van der Waals surface area contributed by atoms with Gasteiger partial charge in [-0.2, -0.15) is 0 Å². The molecule has 0 spiro atoms. The number of rotatable bonds is 11. The van der Waals surface area contributed by atoms with Crippen molar-refractivity contribution < 1.29 is 17.9 Å². The molecule has 0 saturated carbocycles. The lowest BCUT2D eigenvalue weighted by Crippen LogP contribution is -2.40. The van der Waals surface area contributed by atoms with Gasteiger partial charge in [0, 0.05) is 24.7 Å². The van der Waals surface area contributed by atoms with Gasteiger partial charge in [-0.3, -0.25) is 0 Å². The number of unbranched alkanes of at least 4 members (excludes halogenated alkanes) is 1. The van der Waals surface area contributed by atoms with Crippen LogP contribution in [0, 0.1) is 6.92 Å². The van der Waals surface area contributed by atoms with Crippen molar-refractivity contribution in [3.8, 4) is 5.75 Å². The molecule has 0 atom stereocenters. The van der Waals surface area contributed by atoms with Crippen LogP contribution in [0.5, 0.6) is 5.75 Å². The zero-order valence-electron chi connectivity index (χ0n) is 16.3. The van der Waals surface area contributed by atoms with Crippen LogP contribution in [-0.4, -0.2) is 40.7 Å². The van der Waals surface area contributed by atoms with Gasteiger partial charge in [0.25, 0.3) is 0 Å². The molecule has 9 heteroatoms. The first-order chi connectivity index (χ1) is 13.9. The Hall–Kier alpha value is -2.29. The van der Waals surface area contributed by atoms with Crippen molar-refractivity contribution in [3.63, 3.8) is 0 Å². The largest absolute Gasteiger partial charge is 0.494 e. The number of hydrogen-bond donors (Lipinski definition) is 3. The zero-order valence-corrected chi connectivity index (χ0v) is 17.9. The molecule has 2 aromatic rings. The summed E-state index contributed by atoms with van der Waals surface area (Å²) in [6.45, 7) is 3.24. The van der Waals surface area contributed by atoms with Crippen molar-refractivity contribution in [3.05, 3.63) is 59.1 Å². The summed E-state index contributed by atoms with van der Waals surface area (Å²) in [5.74, 6) is 0.758. The molecule has 0 unspecified atom stereocenters. The minimum atomic E-state index is -3.57. The third-order valence-electron chi connectivity index (χ3n) is 3.97. The number of ether oxygens (including phenoxy) is 1. The van der Waals surface area contributed by atoms with Crippen LogP contribution in [0.1, 0.15) is 18.4 Å². The normalized spacial score (nSPS) is 11.1. The molecule has 3 N–H and O–H groups in total. The fourth-order valence-corrected chi connectivity index (χ4v) is 3.53. The molecule has 7 nitrogen and oxygen atoms in total. The van der Waals surface area contributed by atoms with Crippen molar-refractivity contribution in [2.24, 2.45) is 0 Å². The van der Waals surface area contributed by atoms with E-state index in [4.69, 9.17) is 16.3 Å². The molecule has 0 aromatic heterocycles. The zero-order chi connectivity index (χ0) is 21.1. The van der Waals surface area contributed by atoms with Gasteiger partial charge in [-0.15, -0.1) is 0 Å². The Kier molecular flexibility index (Phi) is 9.24. The Morgan fingerprint density at radius 3 is 2.28 bits per heavy atom. The van der Waals surface area contributed by atoms with Gasteiger partial charge in [-0.1, -0.05) is 29.3 Å². The third-order valence-corrected chi connectivity index (χ3v) is 5.70. The van der Waals surface area contributed by atoms with E-state index in [1.807, 2.05) is 6.92 Å². The highest BCUT2D eigenvalue weighted by atomic mass is 35.5. The highest BCUT2D eigenvalue weighted by molar-refractivity contribution is 7.89. The lowest BCUT2D eigenvalue weighted by molar-refractivity contribution is 0.240. The van der Waals surface area contributed by atoms with Crippen LogP contribution in [0.4, 0.5) is 4.79 Å². The maximum Gasteiger partial charge on any atom is 0.314 e. The van der Waals surface area contributed by atoms with E-state index in [1.165, 1.54) is 0 Å². The number of amides is 2. The summed E-state index contributed by atoms with van der Waals surface area (Å²) in [5, 5.41) is 6.00. The van der Waals surface area contributed by atoms with E-state index < -0.39 is 10.0 Å². The molecule has 0 saturated heterocycles. The van der Waals surface area contributed by atoms with Gasteiger partial charge in [-0.25, -0.2) is 17.9 Å². The first-order valence-corrected chi connectivity index (χ1v) is 11.2. The van der Waals surface area contributed by atoms with E-state index >= 15 is 0 Å². The number of nitrogens with one attached hydrogen (secondary N) is 3. The van der Waals surface area contributed by atoms with Crippen LogP contribution in [0.2, 0.25) is 5.02 Å². The van der Waals surface area contributed by atoms with E-state index in [0.717, 1.165) is 24.2 Å². The number of aryl methyl sites for hydroxylation is 1. The second kappa shape index (κ2) is 11.6. The number of carbonyl (C=O) groups is 1. The van der Waals surface area contributed by atoms with E-state index in [2.05, 4.69) is 15.4 Å². The van der Waals surface area contributed by atoms with Crippen LogP contribution < -0.4 is 20.1 Å². The van der Waals surface area contributed by atoms with Crippen molar-refractivity contribution in [2.45, 2.75) is 24.7 Å². The van der Waals surface area contributed by atoms with Gasteiger partial charge in [0.05, 0.1) is 11.5 Å². The maximum atomic E-state index is 12.1. The first kappa shape index (κ1) is 23.0. The highest BCUT2D eigenvalue weighted by Crippen LogP contribution is 2.15. The molecule has 2 aromatic carbocycles. The van der Waals surface area contributed by atoms with Gasteiger partial charge < -0.3 is 15.4 Å². The van der Waals surface area contributed by atoms with Crippen molar-refractivity contribution in [1.29, 1.82) is 0 Å². The standard InChI is InChI=1S/C20H26ClN3O4S/c1-16-4-10-19(11-5-16)29(26,27)24-14-13-23-20(25)22-12-2-3-15-28-18-8-6-17(21)7-9-18/h4-11,24H,2-3,12-15H2,1H3,(H2,22,23,25). The molecule has 0 aliphatic heterocycles. The summed E-state index contributed by atoms with van der Waals surface area (Å²) in [6.07, 6.45) is 1.56. The molecule has 2 rings (SSSR count). The Bertz CT molecular complexity index is 872. The second-order valence-electron chi connectivity index (χ2n) is 6.40. The molecule has 0 aliphatic carbocycles. The SMILES string of the molecule is Cc1ccc(S(=O)(=O)NCCNC(=O)NCCCCOc2ccc(Cl)cc2)cc1. The molecule has 0 heterocycles. The minimum absolute atomic E-state index is 0.110. The van der Waals surface area contributed by atoms with Crippen LogP contribution in [0.15, 0.2) is 53.4 Å². The summed E-state index contributed by atoms with van der Waals surface area (Å²) in [5.41, 5.74) is 0.985. The van der Waals surface area contributed by atoms with E-state index in [9.17, 15) is 13.2 Å². The lowest BCUT2D eigenvalue weighted by Gasteiger charge is -2.10. The smallest absolute Gasteiger partial charge is 0.314 e. The van der Waals surface area contributed by atoms with E-state index in [-0.39, 0.29) is 24.0 Å². The topological polar surface area (TPSA) is 96.5 Å². The number of halogens is 1. The number of hydrogen-bond acceptors (Lipinski definition) is 4. The molecule has 29 heavy (non-hydrogen) atoms. The average molecular weight is 440 g/mol. The summed E-state index contributed by atoms with van der Waals surface area (Å²) in [6, 6.07) is 13.4. The summed E-state index contributed by atoms with van der Waals surface area (Å²) in [7, 11) is -3.57. The molecule has 2 amide bonds. The molecule has 158 valence electrons. The monoisotopic (exact) mass is 439 g/mol. The Balaban J connectivity index is 1.52. The molecule has 0 bridgehead atoms. The van der Waals surface area contributed by atoms with Crippen LogP contribution in [-0.2, 0) is 10.0 Å². The predicted molar refractivity (Wildman–Crippen MR) is 114 cm³/mol. The summed E-state index contributed by atoms with van der Waals surface area (Å²) < 4.78 is 32.3. The molecule has 0 radical (unpaired) electrons. The minimum Gasteiger partial charge on any atom is -0.494 e. The number of carbonyl (C=O) groups excluding carboxylic acids is 1. The molecule has 0 aliphatic rings. The second-order valence-corrected chi connectivity index (χ2v) is 8.61. The maximum absolute atomic E-state index is 12.1. The molecular weight excluding hydrogens is 414 g/mol. The van der Waals surface area contributed by atoms with Crippen molar-refractivity contribution >= 4 is 27.7 Å². The van der Waals surface area contributed by atoms with Gasteiger partial charge in [0.1, 0.15) is 5.75 Å². The van der Waals surface area contributed by atoms with Crippen LogP contribution in [0.3, 0.4) is 0 Å². The average Bonchev–Trinajstić information content (AvgIpc) is 2.69. The molecule has 0 fully saturated rings. The van der Waals surface area contributed by atoms with Crippen LogP contribution >= 0.6 is 11.6 Å². The quantitative estimate of drug-likeness (QED) is 0.469. The van der Waals surface area contributed by atoms with Gasteiger partial charge in [-0.05, 0) is 56.2 Å². The fourth-order valence-electron chi connectivity index (χ4n) is 2.37. The van der Waals surface area contributed by atoms with Gasteiger partial charge in [0.2, 0.25) is 10.0 Å². The van der Waals surface area contributed by atoms with E-state index in [0.29, 0.717) is 18.2 Å². The van der Waals surface area contributed by atoms with Crippen molar-refractivity contribution in [1.82, 2.24) is 15.4 Å². The highest BCUT2D eigenvalue weighted by Gasteiger charge is 2.12. The van der Waals surface area contributed by atoms with Gasteiger partial charge in [0.15, 0.2) is 0 Å². The number of sulfonamides is 1. The molecular formula is C20H26ClN3O4S. The first-order valence-electron chi connectivity index (χ1n) is 9.33. The number of urea groups is 1. The summed E-state index contributed by atoms with van der Waals surface area (Å²) >= 11 is 5.81. The van der Waals surface area contributed by atoms with Crippen LogP contribution in [0.25, 0.3) is 0 Å². The van der Waals surface area contributed by atoms with Gasteiger partial charge >= 0.3 is 6.03 Å². The fraction of sp³-hybridized carbons (Fsp3) is 0.350. The van der Waals surface area contributed by atoms with E-state index in [1.54, 1.807) is 48.5 Å². The third kappa shape index (κ3) is 8.72. The summed E-state index contributed by atoms with van der Waals surface area (Å²) in [4.78, 5) is 11.9. The Morgan fingerprint density at radius 2 is 1.59 bits per heavy atom. The lowest BCUT2D eigenvalue weighted by atomic mass is 10.2.